The highest BCUT2D eigenvalue weighted by atomic mass is 32.2. The highest BCUT2D eigenvalue weighted by Gasteiger charge is 2.50. The molecule has 6 nitrogen and oxygen atoms in total. The van der Waals surface area contributed by atoms with Crippen molar-refractivity contribution >= 4 is 23.6 Å². The van der Waals surface area contributed by atoms with Crippen LogP contribution in [0.25, 0.3) is 0 Å². The van der Waals surface area contributed by atoms with E-state index < -0.39 is 11.5 Å². The molecule has 2 aliphatic heterocycles. The van der Waals surface area contributed by atoms with Gasteiger partial charge in [0.15, 0.2) is 5.96 Å². The molecule has 0 bridgehead atoms. The predicted octanol–water partition coefficient (Wildman–Crippen LogP) is 3.85. The van der Waals surface area contributed by atoms with E-state index in [1.807, 2.05) is 19.3 Å². The number of hydrogen-bond acceptors (Lipinski definition) is 5. The van der Waals surface area contributed by atoms with E-state index in [0.29, 0.717) is 5.92 Å². The van der Waals surface area contributed by atoms with Crippen LogP contribution in [0.1, 0.15) is 55.2 Å². The molecule has 3 heterocycles. The van der Waals surface area contributed by atoms with Crippen molar-refractivity contribution in [1.29, 1.82) is 5.41 Å². The van der Waals surface area contributed by atoms with Crippen molar-refractivity contribution in [3.63, 3.8) is 0 Å². The third-order valence-corrected chi connectivity index (χ3v) is 7.49. The first-order valence-electron chi connectivity index (χ1n) is 10.2. The lowest BCUT2D eigenvalue weighted by molar-refractivity contribution is -0.130. The number of nitrogens with one attached hydrogen (secondary N) is 2. The zero-order valence-corrected chi connectivity index (χ0v) is 18.5. The number of likely N-dealkylation sites (N-methyl/N-ethyl adjacent to an activating group) is 1. The van der Waals surface area contributed by atoms with Crippen LogP contribution in [0.15, 0.2) is 54.0 Å². The van der Waals surface area contributed by atoms with Crippen molar-refractivity contribution in [2.45, 2.75) is 44.1 Å². The molecule has 1 aromatic carbocycles. The number of nitrogens with zero attached hydrogens (tertiary/aromatic N) is 3. The van der Waals surface area contributed by atoms with Crippen LogP contribution in [0.4, 0.5) is 0 Å². The lowest BCUT2D eigenvalue weighted by Gasteiger charge is -2.46. The van der Waals surface area contributed by atoms with Crippen LogP contribution in [0.5, 0.6) is 0 Å². The number of hydrogen-bond donors (Lipinski definition) is 2. The van der Waals surface area contributed by atoms with Crippen LogP contribution in [-0.4, -0.2) is 45.1 Å². The van der Waals surface area contributed by atoms with Gasteiger partial charge in [-0.15, -0.1) is 11.8 Å². The summed E-state index contributed by atoms with van der Waals surface area (Å²) in [6.07, 6.45) is 7.43. The first-order valence-corrected chi connectivity index (χ1v) is 11.1. The van der Waals surface area contributed by atoms with Crippen LogP contribution in [0.2, 0.25) is 0 Å². The van der Waals surface area contributed by atoms with E-state index in [1.54, 1.807) is 18.8 Å². The van der Waals surface area contributed by atoms with Gasteiger partial charge in [0.25, 0.3) is 0 Å². The van der Waals surface area contributed by atoms with Gasteiger partial charge in [0.05, 0.1) is 11.5 Å². The molecule has 0 aliphatic carbocycles. The molecular formula is C23H27N5OS. The maximum Gasteiger partial charge on any atom is 0.239 e. The third-order valence-electron chi connectivity index (χ3n) is 6.10. The van der Waals surface area contributed by atoms with E-state index in [1.165, 1.54) is 16.8 Å². The molecule has 30 heavy (non-hydrogen) atoms. The standard InChI is InChI=1S/C23H27N5OS/c1-14(2)15-5-7-16(8-6-15)20-21(29)28(4)22(24)27-23(20,3)19-9-17(12-30-19)18-10-25-13-26-11-18/h5-11,13-14,17,20H,12H2,1-4H3,(H2,24,27)/t17?,20-,23+/m0/s1. The van der Waals surface area contributed by atoms with Gasteiger partial charge < -0.3 is 5.32 Å². The number of rotatable bonds is 4. The quantitative estimate of drug-likeness (QED) is 0.784. The van der Waals surface area contributed by atoms with Gasteiger partial charge in [0.1, 0.15) is 6.33 Å². The molecule has 0 saturated carbocycles. The number of aromatic nitrogens is 2. The molecule has 0 radical (unpaired) electrons. The Bertz CT molecular complexity index is 988. The Morgan fingerprint density at radius 1 is 1.20 bits per heavy atom. The van der Waals surface area contributed by atoms with Gasteiger partial charge >= 0.3 is 0 Å². The lowest BCUT2D eigenvalue weighted by atomic mass is 9.76. The van der Waals surface area contributed by atoms with Crippen LogP contribution in [-0.2, 0) is 4.79 Å². The molecule has 2 N–H and O–H groups in total. The van der Waals surface area contributed by atoms with Crippen LogP contribution < -0.4 is 5.32 Å². The first kappa shape index (κ1) is 20.6. The van der Waals surface area contributed by atoms with Crippen LogP contribution in [0.3, 0.4) is 0 Å². The maximum atomic E-state index is 13.4. The van der Waals surface area contributed by atoms with Gasteiger partial charge in [0.2, 0.25) is 5.91 Å². The van der Waals surface area contributed by atoms with Crippen molar-refractivity contribution in [1.82, 2.24) is 20.2 Å². The second kappa shape index (κ2) is 7.87. The van der Waals surface area contributed by atoms with E-state index in [-0.39, 0.29) is 17.8 Å². The number of amides is 1. The summed E-state index contributed by atoms with van der Waals surface area (Å²) in [5.74, 6) is 1.15. The van der Waals surface area contributed by atoms with Crippen molar-refractivity contribution in [2.75, 3.05) is 12.8 Å². The van der Waals surface area contributed by atoms with Crippen molar-refractivity contribution < 1.29 is 4.79 Å². The molecular weight excluding hydrogens is 394 g/mol. The number of thioether (sulfide) groups is 1. The molecule has 156 valence electrons. The highest BCUT2D eigenvalue weighted by Crippen LogP contribution is 2.48. The number of carbonyl (C=O) groups excluding carboxylic acids is 1. The van der Waals surface area contributed by atoms with Gasteiger partial charge in [-0.25, -0.2) is 9.97 Å². The smallest absolute Gasteiger partial charge is 0.239 e. The van der Waals surface area contributed by atoms with Gasteiger partial charge in [-0.1, -0.05) is 44.2 Å². The van der Waals surface area contributed by atoms with Gasteiger partial charge in [-0.05, 0) is 29.5 Å². The zero-order valence-electron chi connectivity index (χ0n) is 17.7. The molecule has 1 fully saturated rings. The summed E-state index contributed by atoms with van der Waals surface area (Å²) in [6, 6.07) is 8.33. The Morgan fingerprint density at radius 3 is 2.50 bits per heavy atom. The molecule has 1 amide bonds. The summed E-state index contributed by atoms with van der Waals surface area (Å²) < 4.78 is 0. The average molecular weight is 422 g/mol. The summed E-state index contributed by atoms with van der Waals surface area (Å²) >= 11 is 1.74. The fraction of sp³-hybridized carbons (Fsp3) is 0.391. The number of allylic oxidation sites excluding steroid dienone is 1. The van der Waals surface area contributed by atoms with Gasteiger partial charge in [0, 0.05) is 36.0 Å². The van der Waals surface area contributed by atoms with Crippen LogP contribution >= 0.6 is 11.8 Å². The van der Waals surface area contributed by atoms with Crippen LogP contribution in [0, 0.1) is 5.41 Å². The Hall–Kier alpha value is -2.67. The zero-order chi connectivity index (χ0) is 21.5. The molecule has 3 atom stereocenters. The Labute approximate surface area is 181 Å². The summed E-state index contributed by atoms with van der Waals surface area (Å²) in [4.78, 5) is 24.1. The SMILES string of the molecule is CC(C)c1ccc([C@H]2C(=O)N(C)C(=N)N[C@]2(C)C2=CC(c3cncnc3)CS2)cc1. The van der Waals surface area contributed by atoms with Crippen molar-refractivity contribution in [3.05, 3.63) is 70.7 Å². The van der Waals surface area contributed by atoms with E-state index in [0.717, 1.165) is 21.8 Å². The second-order valence-corrected chi connectivity index (χ2v) is 9.51. The maximum absolute atomic E-state index is 13.4. The Balaban J connectivity index is 1.74. The largest absolute Gasteiger partial charge is 0.345 e. The number of carbonyl (C=O) groups is 1. The molecule has 2 aromatic rings. The fourth-order valence-electron chi connectivity index (χ4n) is 4.18. The topological polar surface area (TPSA) is 82.0 Å². The van der Waals surface area contributed by atoms with E-state index >= 15 is 0 Å². The highest BCUT2D eigenvalue weighted by molar-refractivity contribution is 8.03. The molecule has 2 aliphatic rings. The molecule has 0 spiro atoms. The Kier molecular flexibility index (Phi) is 5.40. The number of guanidine groups is 1. The molecule has 1 unspecified atom stereocenters. The minimum absolute atomic E-state index is 0.0634. The monoisotopic (exact) mass is 421 g/mol. The molecule has 1 saturated heterocycles. The average Bonchev–Trinajstić information content (AvgIpc) is 3.24. The summed E-state index contributed by atoms with van der Waals surface area (Å²) in [5, 5.41) is 11.7. The molecule has 7 heteroatoms. The van der Waals surface area contributed by atoms with E-state index in [4.69, 9.17) is 5.41 Å². The van der Waals surface area contributed by atoms with Crippen molar-refractivity contribution in [3.8, 4) is 0 Å². The van der Waals surface area contributed by atoms with Gasteiger partial charge in [-0.3, -0.25) is 15.1 Å². The second-order valence-electron chi connectivity index (χ2n) is 8.45. The predicted molar refractivity (Wildman–Crippen MR) is 121 cm³/mol. The number of benzene rings is 1. The summed E-state index contributed by atoms with van der Waals surface area (Å²) in [5.41, 5.74) is 2.59. The Morgan fingerprint density at radius 2 is 1.87 bits per heavy atom. The molecule has 4 rings (SSSR count). The normalized spacial score (nSPS) is 26.7. The summed E-state index contributed by atoms with van der Waals surface area (Å²) in [7, 11) is 1.66. The van der Waals surface area contributed by atoms with Gasteiger partial charge in [-0.2, -0.15) is 0 Å². The minimum Gasteiger partial charge on any atom is -0.345 e. The first-order chi connectivity index (χ1) is 14.3. The van der Waals surface area contributed by atoms with E-state index in [9.17, 15) is 4.79 Å². The minimum atomic E-state index is -0.685. The molecule has 1 aromatic heterocycles. The lowest BCUT2D eigenvalue weighted by Crippen LogP contribution is -2.64. The fourth-order valence-corrected chi connectivity index (χ4v) is 5.56. The van der Waals surface area contributed by atoms with Crippen molar-refractivity contribution in [2.24, 2.45) is 0 Å². The summed E-state index contributed by atoms with van der Waals surface area (Å²) in [6.45, 7) is 6.36. The third kappa shape index (κ3) is 3.51. The van der Waals surface area contributed by atoms with E-state index in [2.05, 4.69) is 59.5 Å².